The van der Waals surface area contributed by atoms with Gasteiger partial charge >= 0.3 is 0 Å². The third-order valence-corrected chi connectivity index (χ3v) is 6.81. The summed E-state index contributed by atoms with van der Waals surface area (Å²) in [4.78, 5) is 18.6. The summed E-state index contributed by atoms with van der Waals surface area (Å²) in [5.41, 5.74) is 1.63. The first-order chi connectivity index (χ1) is 12.3. The van der Waals surface area contributed by atoms with E-state index in [-0.39, 0.29) is 10.8 Å². The Morgan fingerprint density at radius 1 is 1.23 bits per heavy atom. The molecule has 0 spiro atoms. The molecule has 0 saturated carbocycles. The van der Waals surface area contributed by atoms with Gasteiger partial charge < -0.3 is 5.32 Å². The van der Waals surface area contributed by atoms with Crippen LogP contribution in [0.4, 0.5) is 0 Å². The zero-order chi connectivity index (χ0) is 18.7. The Labute approximate surface area is 159 Å². The molecule has 0 radical (unpaired) electrons. The summed E-state index contributed by atoms with van der Waals surface area (Å²) in [5.74, 6) is -0.149. The van der Waals surface area contributed by atoms with Crippen molar-refractivity contribution in [1.29, 1.82) is 0 Å². The van der Waals surface area contributed by atoms with Gasteiger partial charge in [0.25, 0.3) is 5.91 Å². The van der Waals surface area contributed by atoms with Crippen molar-refractivity contribution in [2.24, 2.45) is 5.14 Å². The summed E-state index contributed by atoms with van der Waals surface area (Å²) in [6, 6.07) is 10.3. The molecule has 3 N–H and O–H groups in total. The fourth-order valence-electron chi connectivity index (χ4n) is 2.36. The molecule has 136 valence electrons. The molecule has 1 amide bonds. The number of sulfonamides is 1. The maximum Gasteiger partial charge on any atom is 0.263 e. The van der Waals surface area contributed by atoms with Crippen molar-refractivity contribution in [2.75, 3.05) is 6.54 Å². The van der Waals surface area contributed by atoms with Crippen molar-refractivity contribution in [3.63, 3.8) is 0 Å². The van der Waals surface area contributed by atoms with E-state index in [1.165, 1.54) is 23.5 Å². The van der Waals surface area contributed by atoms with Crippen molar-refractivity contribution in [3.05, 3.63) is 57.9 Å². The minimum absolute atomic E-state index is 0.0756. The number of carbonyl (C=O) groups is 1. The average Bonchev–Trinajstić information content (AvgIpc) is 3.23. The molecule has 26 heavy (non-hydrogen) atoms. The first-order valence-electron chi connectivity index (χ1n) is 7.76. The van der Waals surface area contributed by atoms with Crippen LogP contribution in [0.15, 0.2) is 46.7 Å². The number of thiophene rings is 1. The molecule has 0 unspecified atom stereocenters. The van der Waals surface area contributed by atoms with Gasteiger partial charge in [0.05, 0.1) is 15.5 Å². The van der Waals surface area contributed by atoms with Gasteiger partial charge in [0.2, 0.25) is 10.0 Å². The van der Waals surface area contributed by atoms with Crippen LogP contribution >= 0.6 is 22.7 Å². The minimum atomic E-state index is -3.69. The third-order valence-electron chi connectivity index (χ3n) is 3.69. The summed E-state index contributed by atoms with van der Waals surface area (Å²) < 4.78 is 22.5. The standard InChI is InChI=1S/C17H17N3O3S3/c1-11-15(25-17(20-11)14-3-2-10-24-14)16(21)19-9-8-12-4-6-13(7-5-12)26(18,22)23/h2-7,10H,8-9H2,1H3,(H,19,21)(H2,18,22,23). The lowest BCUT2D eigenvalue weighted by molar-refractivity contribution is 0.0957. The van der Waals surface area contributed by atoms with Crippen LogP contribution in [-0.2, 0) is 16.4 Å². The van der Waals surface area contributed by atoms with E-state index in [9.17, 15) is 13.2 Å². The monoisotopic (exact) mass is 407 g/mol. The molecule has 2 heterocycles. The molecule has 3 aromatic rings. The van der Waals surface area contributed by atoms with E-state index >= 15 is 0 Å². The topological polar surface area (TPSA) is 102 Å². The van der Waals surface area contributed by atoms with Crippen LogP contribution in [0.1, 0.15) is 20.9 Å². The van der Waals surface area contributed by atoms with Crippen molar-refractivity contribution >= 4 is 38.6 Å². The summed E-state index contributed by atoms with van der Waals surface area (Å²) in [6.45, 7) is 2.27. The largest absolute Gasteiger partial charge is 0.351 e. The van der Waals surface area contributed by atoms with Crippen LogP contribution in [-0.4, -0.2) is 25.9 Å². The van der Waals surface area contributed by atoms with Crippen LogP contribution < -0.4 is 10.5 Å². The van der Waals surface area contributed by atoms with Gasteiger partial charge in [-0.05, 0) is 42.5 Å². The lowest BCUT2D eigenvalue weighted by atomic mass is 10.1. The number of benzene rings is 1. The highest BCUT2D eigenvalue weighted by atomic mass is 32.2. The highest BCUT2D eigenvalue weighted by Crippen LogP contribution is 2.30. The average molecular weight is 408 g/mol. The highest BCUT2D eigenvalue weighted by molar-refractivity contribution is 7.89. The molecule has 0 atom stereocenters. The maximum atomic E-state index is 12.4. The van der Waals surface area contributed by atoms with Crippen molar-refractivity contribution in [2.45, 2.75) is 18.2 Å². The molecule has 1 aromatic carbocycles. The van der Waals surface area contributed by atoms with E-state index in [0.717, 1.165) is 15.4 Å². The van der Waals surface area contributed by atoms with Crippen LogP contribution in [0.5, 0.6) is 0 Å². The number of rotatable bonds is 6. The number of nitrogens with zero attached hydrogens (tertiary/aromatic N) is 1. The molecule has 0 aliphatic heterocycles. The Morgan fingerprint density at radius 3 is 2.58 bits per heavy atom. The van der Waals surface area contributed by atoms with E-state index in [1.807, 2.05) is 24.4 Å². The van der Waals surface area contributed by atoms with E-state index in [2.05, 4.69) is 10.3 Å². The van der Waals surface area contributed by atoms with Crippen molar-refractivity contribution < 1.29 is 13.2 Å². The second kappa shape index (κ2) is 7.67. The van der Waals surface area contributed by atoms with E-state index < -0.39 is 10.0 Å². The van der Waals surface area contributed by atoms with E-state index in [1.54, 1.807) is 23.5 Å². The zero-order valence-corrected chi connectivity index (χ0v) is 16.4. The number of nitrogens with two attached hydrogens (primary N) is 1. The van der Waals surface area contributed by atoms with Crippen LogP contribution in [0.2, 0.25) is 0 Å². The van der Waals surface area contributed by atoms with Crippen molar-refractivity contribution in [1.82, 2.24) is 10.3 Å². The van der Waals surface area contributed by atoms with Gasteiger partial charge in [-0.15, -0.1) is 22.7 Å². The van der Waals surface area contributed by atoms with Crippen molar-refractivity contribution in [3.8, 4) is 9.88 Å². The van der Waals surface area contributed by atoms with Crippen LogP contribution in [0.3, 0.4) is 0 Å². The predicted molar refractivity (Wildman–Crippen MR) is 104 cm³/mol. The quantitative estimate of drug-likeness (QED) is 0.656. The van der Waals surface area contributed by atoms with Gasteiger partial charge in [-0.3, -0.25) is 4.79 Å². The van der Waals surface area contributed by atoms with Crippen LogP contribution in [0, 0.1) is 6.92 Å². The summed E-state index contributed by atoms with van der Waals surface area (Å²) >= 11 is 2.98. The molecule has 0 fully saturated rings. The molecular formula is C17H17N3O3S3. The minimum Gasteiger partial charge on any atom is -0.351 e. The number of nitrogens with one attached hydrogen (secondary N) is 1. The first kappa shape index (κ1) is 18.7. The Kier molecular flexibility index (Phi) is 5.52. The Hall–Kier alpha value is -2.07. The first-order valence-corrected chi connectivity index (χ1v) is 11.0. The number of aryl methyl sites for hydroxylation is 1. The number of aromatic nitrogens is 1. The predicted octanol–water partition coefficient (Wildman–Crippen LogP) is 2.80. The van der Waals surface area contributed by atoms with Crippen LogP contribution in [0.25, 0.3) is 9.88 Å². The molecule has 0 aliphatic carbocycles. The number of amides is 1. The van der Waals surface area contributed by atoms with Gasteiger partial charge in [-0.1, -0.05) is 18.2 Å². The number of primary sulfonamides is 1. The molecular weight excluding hydrogens is 390 g/mol. The molecule has 0 saturated heterocycles. The fourth-order valence-corrected chi connectivity index (χ4v) is 4.65. The highest BCUT2D eigenvalue weighted by Gasteiger charge is 2.16. The van der Waals surface area contributed by atoms with Gasteiger partial charge in [-0.25, -0.2) is 18.5 Å². The Balaban J connectivity index is 1.59. The van der Waals surface area contributed by atoms with Gasteiger partial charge in [0.15, 0.2) is 0 Å². The lowest BCUT2D eigenvalue weighted by Gasteiger charge is -2.05. The Morgan fingerprint density at radius 2 is 1.96 bits per heavy atom. The number of carbonyl (C=O) groups excluding carboxylic acids is 1. The molecule has 6 nitrogen and oxygen atoms in total. The zero-order valence-electron chi connectivity index (χ0n) is 13.9. The second-order valence-electron chi connectivity index (χ2n) is 5.61. The number of hydrogen-bond acceptors (Lipinski definition) is 6. The van der Waals surface area contributed by atoms with Gasteiger partial charge in [-0.2, -0.15) is 0 Å². The Bertz CT molecular complexity index is 1010. The van der Waals surface area contributed by atoms with Gasteiger partial charge in [0, 0.05) is 6.54 Å². The SMILES string of the molecule is Cc1nc(-c2cccs2)sc1C(=O)NCCc1ccc(S(N)(=O)=O)cc1. The summed E-state index contributed by atoms with van der Waals surface area (Å²) in [6.07, 6.45) is 0.590. The maximum absolute atomic E-state index is 12.4. The van der Waals surface area contributed by atoms with E-state index in [0.29, 0.717) is 23.5 Å². The van der Waals surface area contributed by atoms with Gasteiger partial charge in [0.1, 0.15) is 9.88 Å². The molecule has 3 rings (SSSR count). The third kappa shape index (κ3) is 4.36. The lowest BCUT2D eigenvalue weighted by Crippen LogP contribution is -2.25. The molecule has 2 aromatic heterocycles. The summed E-state index contributed by atoms with van der Waals surface area (Å²) in [7, 11) is -3.69. The molecule has 0 bridgehead atoms. The number of hydrogen-bond donors (Lipinski definition) is 2. The molecule has 9 heteroatoms. The number of thiazole rings is 1. The van der Waals surface area contributed by atoms with E-state index in [4.69, 9.17) is 5.14 Å². The normalized spacial score (nSPS) is 11.5. The smallest absolute Gasteiger partial charge is 0.263 e. The second-order valence-corrected chi connectivity index (χ2v) is 9.11. The molecule has 0 aliphatic rings. The summed E-state index contributed by atoms with van der Waals surface area (Å²) in [5, 5.41) is 10.8. The fraction of sp³-hybridized carbons (Fsp3) is 0.176.